The van der Waals surface area contributed by atoms with Gasteiger partial charge in [-0.2, -0.15) is 0 Å². The standard InChI is InChI=1S/C12H15Cl2NO4S/c1-7(2)6-15(3)20(18,19)9-5-4-8(13)10(11(9)14)12(16)17/h4-5,7H,6H2,1-3H3,(H,16,17). The lowest BCUT2D eigenvalue weighted by atomic mass is 10.2. The Morgan fingerprint density at radius 1 is 1.35 bits per heavy atom. The molecule has 1 rings (SSSR count). The van der Waals surface area contributed by atoms with Crippen molar-refractivity contribution in [2.45, 2.75) is 18.7 Å². The number of carbonyl (C=O) groups is 1. The number of rotatable bonds is 5. The molecule has 0 aliphatic rings. The Labute approximate surface area is 128 Å². The van der Waals surface area contributed by atoms with Gasteiger partial charge in [0.1, 0.15) is 4.90 Å². The van der Waals surface area contributed by atoms with Crippen molar-refractivity contribution in [3.05, 3.63) is 27.7 Å². The maximum absolute atomic E-state index is 12.4. The molecule has 0 bridgehead atoms. The number of sulfonamides is 1. The van der Waals surface area contributed by atoms with E-state index in [0.717, 1.165) is 4.31 Å². The SMILES string of the molecule is CC(C)CN(C)S(=O)(=O)c1ccc(Cl)c(C(=O)O)c1Cl. The van der Waals surface area contributed by atoms with Crippen molar-refractivity contribution in [3.63, 3.8) is 0 Å². The molecule has 8 heteroatoms. The van der Waals surface area contributed by atoms with Gasteiger partial charge in [0, 0.05) is 13.6 Å². The van der Waals surface area contributed by atoms with Crippen LogP contribution >= 0.6 is 23.2 Å². The van der Waals surface area contributed by atoms with Gasteiger partial charge in [-0.15, -0.1) is 0 Å². The molecule has 0 heterocycles. The molecule has 0 amide bonds. The van der Waals surface area contributed by atoms with Crippen molar-refractivity contribution in [3.8, 4) is 0 Å². The number of benzene rings is 1. The summed E-state index contributed by atoms with van der Waals surface area (Å²) in [4.78, 5) is 10.8. The molecule has 0 saturated carbocycles. The van der Waals surface area contributed by atoms with E-state index < -0.39 is 21.6 Å². The molecule has 0 aliphatic heterocycles. The Bertz CT molecular complexity index is 629. The van der Waals surface area contributed by atoms with Crippen LogP contribution in [0.2, 0.25) is 10.0 Å². The van der Waals surface area contributed by atoms with E-state index in [9.17, 15) is 13.2 Å². The van der Waals surface area contributed by atoms with Crippen LogP contribution in [0.15, 0.2) is 17.0 Å². The quantitative estimate of drug-likeness (QED) is 0.894. The average molecular weight is 340 g/mol. The second kappa shape index (κ2) is 6.30. The molecule has 1 N–H and O–H groups in total. The molecule has 20 heavy (non-hydrogen) atoms. The largest absolute Gasteiger partial charge is 0.478 e. The van der Waals surface area contributed by atoms with Crippen molar-refractivity contribution in [1.29, 1.82) is 0 Å². The maximum atomic E-state index is 12.4. The first-order valence-corrected chi connectivity index (χ1v) is 7.96. The first kappa shape index (κ1) is 17.2. The van der Waals surface area contributed by atoms with Crippen molar-refractivity contribution in [2.24, 2.45) is 5.92 Å². The van der Waals surface area contributed by atoms with Crippen LogP contribution in [0.1, 0.15) is 24.2 Å². The highest BCUT2D eigenvalue weighted by atomic mass is 35.5. The Morgan fingerprint density at radius 2 is 1.90 bits per heavy atom. The van der Waals surface area contributed by atoms with Crippen molar-refractivity contribution >= 4 is 39.2 Å². The molecule has 0 unspecified atom stereocenters. The highest BCUT2D eigenvalue weighted by Gasteiger charge is 2.28. The highest BCUT2D eigenvalue weighted by molar-refractivity contribution is 7.89. The molecular weight excluding hydrogens is 325 g/mol. The van der Waals surface area contributed by atoms with E-state index in [2.05, 4.69) is 0 Å². The Balaban J connectivity index is 3.41. The van der Waals surface area contributed by atoms with Crippen molar-refractivity contribution < 1.29 is 18.3 Å². The predicted molar refractivity (Wildman–Crippen MR) is 78.1 cm³/mol. The molecule has 5 nitrogen and oxygen atoms in total. The van der Waals surface area contributed by atoms with Gasteiger partial charge in [-0.05, 0) is 18.1 Å². The number of hydrogen-bond acceptors (Lipinski definition) is 3. The van der Waals surface area contributed by atoms with Gasteiger partial charge < -0.3 is 5.11 Å². The van der Waals surface area contributed by atoms with E-state index in [0.29, 0.717) is 6.54 Å². The summed E-state index contributed by atoms with van der Waals surface area (Å²) in [6.45, 7) is 4.04. The van der Waals surface area contributed by atoms with Gasteiger partial charge in [0.05, 0.1) is 15.6 Å². The summed E-state index contributed by atoms with van der Waals surface area (Å²) in [7, 11) is -2.44. The first-order valence-electron chi connectivity index (χ1n) is 5.76. The molecule has 112 valence electrons. The fourth-order valence-corrected chi connectivity index (χ4v) is 3.93. The van der Waals surface area contributed by atoms with Crippen molar-refractivity contribution in [2.75, 3.05) is 13.6 Å². The van der Waals surface area contributed by atoms with E-state index in [4.69, 9.17) is 28.3 Å². The van der Waals surface area contributed by atoms with E-state index >= 15 is 0 Å². The zero-order chi connectivity index (χ0) is 15.7. The molecule has 0 aliphatic carbocycles. The van der Waals surface area contributed by atoms with Gasteiger partial charge in [-0.25, -0.2) is 17.5 Å². The van der Waals surface area contributed by atoms with Gasteiger partial charge in [0.25, 0.3) is 0 Å². The van der Waals surface area contributed by atoms with E-state index in [1.165, 1.54) is 19.2 Å². The molecule has 0 aromatic heterocycles. The van der Waals surface area contributed by atoms with Crippen LogP contribution in [-0.4, -0.2) is 37.4 Å². The molecule has 1 aromatic rings. The number of nitrogens with zero attached hydrogens (tertiary/aromatic N) is 1. The molecule has 0 radical (unpaired) electrons. The van der Waals surface area contributed by atoms with Gasteiger partial charge in [0.2, 0.25) is 10.0 Å². The minimum absolute atomic E-state index is 0.104. The third-order valence-electron chi connectivity index (χ3n) is 2.58. The minimum atomic E-state index is -3.86. The zero-order valence-corrected chi connectivity index (χ0v) is 13.6. The van der Waals surface area contributed by atoms with Gasteiger partial charge in [-0.3, -0.25) is 0 Å². The topological polar surface area (TPSA) is 74.7 Å². The number of halogens is 2. The summed E-state index contributed by atoms with van der Waals surface area (Å²) < 4.78 is 25.9. The smallest absolute Gasteiger partial charge is 0.338 e. The van der Waals surface area contributed by atoms with Gasteiger partial charge in [-0.1, -0.05) is 37.0 Å². The van der Waals surface area contributed by atoms with Crippen LogP contribution in [0.4, 0.5) is 0 Å². The lowest BCUT2D eigenvalue weighted by Gasteiger charge is -2.20. The first-order chi connectivity index (χ1) is 9.09. The van der Waals surface area contributed by atoms with Gasteiger partial charge >= 0.3 is 5.97 Å². The number of carboxylic acid groups (broad SMARTS) is 1. The van der Waals surface area contributed by atoms with Crippen molar-refractivity contribution in [1.82, 2.24) is 4.31 Å². The molecule has 0 spiro atoms. The molecular formula is C12H15Cl2NO4S. The minimum Gasteiger partial charge on any atom is -0.478 e. The molecule has 1 aromatic carbocycles. The molecule has 0 atom stereocenters. The summed E-state index contributed by atoms with van der Waals surface area (Å²) in [5.41, 5.74) is -0.410. The Kier molecular flexibility index (Phi) is 5.43. The molecule has 0 fully saturated rings. The summed E-state index contributed by atoms with van der Waals surface area (Å²) in [6.07, 6.45) is 0. The fraction of sp³-hybridized carbons (Fsp3) is 0.417. The third kappa shape index (κ3) is 3.44. The van der Waals surface area contributed by atoms with Crippen LogP contribution in [0, 0.1) is 5.92 Å². The van der Waals surface area contributed by atoms with E-state index in [1.807, 2.05) is 13.8 Å². The average Bonchev–Trinajstić information content (AvgIpc) is 2.26. The van der Waals surface area contributed by atoms with Crippen LogP contribution < -0.4 is 0 Å². The van der Waals surface area contributed by atoms with Crippen LogP contribution in [-0.2, 0) is 10.0 Å². The lowest BCUT2D eigenvalue weighted by molar-refractivity contribution is 0.0697. The summed E-state index contributed by atoms with van der Waals surface area (Å²) >= 11 is 11.6. The van der Waals surface area contributed by atoms with Crippen LogP contribution in [0.3, 0.4) is 0 Å². The number of hydrogen-bond donors (Lipinski definition) is 1. The summed E-state index contributed by atoms with van der Waals surface area (Å²) in [6, 6.07) is 2.43. The number of carboxylic acids is 1. The fourth-order valence-electron chi connectivity index (χ4n) is 1.71. The second-order valence-electron chi connectivity index (χ2n) is 4.72. The third-order valence-corrected chi connectivity index (χ3v) is 5.27. The molecule has 0 saturated heterocycles. The Morgan fingerprint density at radius 3 is 2.35 bits per heavy atom. The highest BCUT2D eigenvalue weighted by Crippen LogP contribution is 2.32. The summed E-state index contributed by atoms with van der Waals surface area (Å²) in [5, 5.41) is 8.57. The maximum Gasteiger partial charge on any atom is 0.338 e. The lowest BCUT2D eigenvalue weighted by Crippen LogP contribution is -2.30. The summed E-state index contributed by atoms with van der Waals surface area (Å²) in [5.74, 6) is -1.25. The van der Waals surface area contributed by atoms with Crippen LogP contribution in [0.5, 0.6) is 0 Å². The van der Waals surface area contributed by atoms with Crippen LogP contribution in [0.25, 0.3) is 0 Å². The Hall–Kier alpha value is -0.820. The number of aromatic carboxylic acids is 1. The second-order valence-corrected chi connectivity index (χ2v) is 7.52. The van der Waals surface area contributed by atoms with E-state index in [1.54, 1.807) is 0 Å². The zero-order valence-electron chi connectivity index (χ0n) is 11.2. The monoisotopic (exact) mass is 339 g/mol. The van der Waals surface area contributed by atoms with Gasteiger partial charge in [0.15, 0.2) is 0 Å². The predicted octanol–water partition coefficient (Wildman–Crippen LogP) is 2.97. The normalized spacial score (nSPS) is 12.2. The van der Waals surface area contributed by atoms with E-state index in [-0.39, 0.29) is 20.9 Å².